The topological polar surface area (TPSA) is 302 Å². The molecule has 6 aliphatic rings. The molecule has 8 heterocycles. The number of rotatable bonds is 18. The van der Waals surface area contributed by atoms with Crippen LogP contribution in [0.4, 0.5) is 35.1 Å². The van der Waals surface area contributed by atoms with Crippen molar-refractivity contribution in [3.8, 4) is 0 Å². The molecule has 4 bridgehead atoms. The van der Waals surface area contributed by atoms with Crippen LogP contribution in [0.25, 0.3) is 22.1 Å². The van der Waals surface area contributed by atoms with Crippen molar-refractivity contribution >= 4 is 128 Å². The normalized spacial score (nSPS) is 20.0. The summed E-state index contributed by atoms with van der Waals surface area (Å²) in [6.07, 6.45) is 14.5. The van der Waals surface area contributed by atoms with Gasteiger partial charge in [0.25, 0.3) is 15.0 Å². The van der Waals surface area contributed by atoms with Crippen molar-refractivity contribution in [2.45, 2.75) is 244 Å². The fourth-order valence-electron chi connectivity index (χ4n) is 18.6. The van der Waals surface area contributed by atoms with E-state index in [1.54, 1.807) is 45.0 Å². The number of nitrogens with two attached hydrogens (primary N) is 1. The molecular formula is C89H108Cl5F8N11O11S3. The Kier molecular flexibility index (Phi) is 33.3. The summed E-state index contributed by atoms with van der Waals surface area (Å²) in [5.41, 5.74) is 7.11. The molecule has 4 unspecified atom stereocenters. The van der Waals surface area contributed by atoms with Gasteiger partial charge in [-0.05, 0) is 269 Å². The summed E-state index contributed by atoms with van der Waals surface area (Å²) >= 11 is 10.8. The molecule has 7 aromatic carbocycles. The van der Waals surface area contributed by atoms with E-state index in [0.717, 1.165) is 112 Å². The first kappa shape index (κ1) is 103. The fraction of sp³-hybridized carbons (Fsp3) is 0.472. The molecule has 38 heteroatoms. The Labute approximate surface area is 762 Å². The predicted molar refractivity (Wildman–Crippen MR) is 480 cm³/mol. The Hall–Kier alpha value is -7.61. The number of nitrogens with one attached hydrogen (secondary N) is 3. The molecule has 9 aromatic rings. The number of hydrogen-bond donors (Lipinski definition) is 6. The third kappa shape index (κ3) is 24.4. The van der Waals surface area contributed by atoms with Crippen LogP contribution in [0.5, 0.6) is 0 Å². The van der Waals surface area contributed by atoms with Crippen LogP contribution < -0.4 is 20.5 Å². The summed E-state index contributed by atoms with van der Waals surface area (Å²) in [6.45, 7) is 24.0. The predicted octanol–water partition coefficient (Wildman–Crippen LogP) is 18.9. The number of amides is 1. The van der Waals surface area contributed by atoms with Crippen LogP contribution in [-0.4, -0.2) is 167 Å². The number of aromatic carboxylic acids is 2. The summed E-state index contributed by atoms with van der Waals surface area (Å²) in [4.78, 5) is 48.6. The molecule has 22 nitrogen and oxygen atoms in total. The number of nitrogens with zero attached hydrogens (tertiary/aromatic N) is 7. The van der Waals surface area contributed by atoms with Crippen molar-refractivity contribution in [2.24, 2.45) is 5.73 Å². The standard InChI is InChI=1S/C39H46F3N5O3S.C28H35FN4.C11H12ClF2NO4S.C7H2Cl2F2O4S.C4H11N.2ClH/c1-25-43-34-10-5-6-11-35(34)47(25)30-21-28-12-13-29(22-30)46(28)19-16-39(26-8-7-9-27(40)20-26)14-17-45(18-15-39)37(48)31-23-36(33(42)24-32(31)41)51(49,50)44-38(2,3)4;1-20-31-26-7-2-3-8-27(26)33(20)25-18-23-9-10-24(19-25)32(23)16-13-28(11-14-30-15-12-28)21-5-4-6-22(29)17-21;1-11(2,3)15-20(18,19)9-6(14)4-5(13)7(8(9)12)10(16)17;8-5-4(7(12)13)2(10)1-3(11)6(5)16(9,14)15;1-4(2,3)5;;/h5-11,20,23-24,28-30,44H,12-19,21-22H2,1-4H3;2-8,17,23-25,30H,9-16,18-19H2,1H3;4,15H,1-3H3,(H,16,17);1H,(H,12,13);5H2,1-3H3;2*1H. The highest BCUT2D eigenvalue weighted by atomic mass is 35.7. The smallest absolute Gasteiger partial charge is 0.340 e. The first-order chi connectivity index (χ1) is 58.3. The lowest BCUT2D eigenvalue weighted by Gasteiger charge is -2.45. The van der Waals surface area contributed by atoms with Crippen LogP contribution in [0.1, 0.15) is 218 Å². The number of imidazole rings is 2. The maximum atomic E-state index is 15.1. The molecule has 0 radical (unpaired) electrons. The van der Waals surface area contributed by atoms with Gasteiger partial charge in [0, 0.05) is 94.8 Å². The van der Waals surface area contributed by atoms with Gasteiger partial charge in [0.15, 0.2) is 0 Å². The van der Waals surface area contributed by atoms with E-state index in [9.17, 15) is 70.4 Å². The van der Waals surface area contributed by atoms with Gasteiger partial charge in [0.05, 0.1) is 37.7 Å². The zero-order chi connectivity index (χ0) is 91.8. The highest BCUT2D eigenvalue weighted by molar-refractivity contribution is 8.13. The van der Waals surface area contributed by atoms with Crippen molar-refractivity contribution in [2.75, 3.05) is 39.3 Å². The minimum atomic E-state index is -4.60. The van der Waals surface area contributed by atoms with Gasteiger partial charge < -0.3 is 35.3 Å². The van der Waals surface area contributed by atoms with E-state index < -0.39 is 140 Å². The number of hydrogen-bond acceptors (Lipinski definition) is 15. The van der Waals surface area contributed by atoms with E-state index in [1.165, 1.54) is 74.0 Å². The van der Waals surface area contributed by atoms with Crippen LogP contribution in [0.3, 0.4) is 0 Å². The van der Waals surface area contributed by atoms with Gasteiger partial charge in [-0.3, -0.25) is 14.6 Å². The summed E-state index contributed by atoms with van der Waals surface area (Å²) in [5, 5.41) is 18.8. The third-order valence-corrected chi connectivity index (χ3v) is 29.7. The number of halogens is 13. The van der Waals surface area contributed by atoms with E-state index in [4.69, 9.17) is 59.8 Å². The van der Waals surface area contributed by atoms with Gasteiger partial charge in [0.2, 0.25) is 20.0 Å². The van der Waals surface area contributed by atoms with Gasteiger partial charge in [-0.25, -0.2) is 89.4 Å². The number of aryl methyl sites for hydroxylation is 2. The summed E-state index contributed by atoms with van der Waals surface area (Å²) < 4.78 is 193. The summed E-state index contributed by atoms with van der Waals surface area (Å²) in [7, 11) is -8.58. The van der Waals surface area contributed by atoms with E-state index in [1.807, 2.05) is 39.0 Å². The molecule has 0 aliphatic carbocycles. The molecular weight excluding hydrogens is 1820 g/mol. The minimum Gasteiger partial charge on any atom is -0.478 e. The van der Waals surface area contributed by atoms with Crippen molar-refractivity contribution < 1.29 is 85.0 Å². The SMILES string of the molecule is CC(C)(C)N.CC(C)(C)NS(=O)(=O)c1c(F)cc(F)c(C(=O)O)c1Cl.Cc1nc2ccccc2n1C1CC2CCC(C1)N2CCC1(c2cccc(F)c2)CCN(C(=O)c2cc(S(=O)(=O)NC(C)(C)C)c(F)cc2F)CC1.Cc1nc2ccccc2n1C1CC2CCC(C1)N2CCC1(c2cccc(F)c2)CCNCC1.Cl.Cl.O=C(O)c1c(F)cc(F)c(S(=O)(=O)Cl)c1Cl. The quantitative estimate of drug-likeness (QED) is 0.0343. The number of piperidine rings is 4. The Morgan fingerprint density at radius 3 is 1.26 bits per heavy atom. The van der Waals surface area contributed by atoms with Crippen molar-refractivity contribution in [1.29, 1.82) is 0 Å². The molecule has 0 saturated carbocycles. The second-order valence-corrected chi connectivity index (χ2v) is 42.8. The molecule has 4 atom stereocenters. The number of sulfonamides is 2. The first-order valence-corrected chi connectivity index (χ1v) is 47.4. The van der Waals surface area contributed by atoms with Gasteiger partial charge in [0.1, 0.15) is 84.0 Å². The lowest BCUT2D eigenvalue weighted by molar-refractivity contribution is 0.0600. The van der Waals surface area contributed by atoms with Crippen LogP contribution in [0.2, 0.25) is 10.0 Å². The summed E-state index contributed by atoms with van der Waals surface area (Å²) in [6, 6.07) is 35.6. The largest absolute Gasteiger partial charge is 0.478 e. The van der Waals surface area contributed by atoms with Gasteiger partial charge >= 0.3 is 11.9 Å². The maximum absolute atomic E-state index is 15.1. The van der Waals surface area contributed by atoms with Gasteiger partial charge in [-0.15, -0.1) is 24.8 Å². The Balaban J connectivity index is 0.000000205. The van der Waals surface area contributed by atoms with Crippen LogP contribution >= 0.6 is 58.7 Å². The number of aromatic nitrogens is 4. The van der Waals surface area contributed by atoms with Crippen LogP contribution in [0.15, 0.2) is 136 Å². The second kappa shape index (κ2) is 41.0. The average Bonchev–Trinajstić information content (AvgIpc) is 1.72. The van der Waals surface area contributed by atoms with E-state index in [2.05, 4.69) is 96.1 Å². The molecule has 6 saturated heterocycles. The van der Waals surface area contributed by atoms with Gasteiger partial charge in [-0.2, -0.15) is 0 Å². The van der Waals surface area contributed by atoms with Crippen molar-refractivity contribution in [3.05, 3.63) is 217 Å². The van der Waals surface area contributed by atoms with Crippen LogP contribution in [0, 0.1) is 60.4 Å². The van der Waals surface area contributed by atoms with E-state index in [0.29, 0.717) is 55.2 Å². The Morgan fingerprint density at radius 1 is 0.504 bits per heavy atom. The minimum absolute atomic E-state index is 0. The van der Waals surface area contributed by atoms with Gasteiger partial charge in [-0.1, -0.05) is 71.7 Å². The monoisotopic (exact) mass is 1930 g/mol. The Morgan fingerprint density at radius 2 is 0.874 bits per heavy atom. The van der Waals surface area contributed by atoms with E-state index in [-0.39, 0.29) is 72.6 Å². The average molecular weight is 1930 g/mol. The number of fused-ring (bicyclic) bond motifs is 6. The molecule has 6 fully saturated rings. The number of benzene rings is 7. The zero-order valence-corrected chi connectivity index (χ0v) is 78.5. The Bertz CT molecular complexity index is 5850. The highest BCUT2D eigenvalue weighted by Gasteiger charge is 2.47. The molecule has 127 heavy (non-hydrogen) atoms. The fourth-order valence-corrected chi connectivity index (χ4v) is 24.0. The second-order valence-electron chi connectivity index (χ2n) is 36.3. The third-order valence-electron chi connectivity index (χ3n) is 23.8. The molecule has 7 N–H and O–H groups in total. The molecule has 1 amide bonds. The molecule has 2 aromatic heterocycles. The lowest BCUT2D eigenvalue weighted by atomic mass is 9.70. The summed E-state index contributed by atoms with van der Waals surface area (Å²) in [5.74, 6) is -10.9. The number of carboxylic acids is 2. The zero-order valence-electron chi connectivity index (χ0n) is 72.1. The highest BCUT2D eigenvalue weighted by Crippen LogP contribution is 2.48. The van der Waals surface area contributed by atoms with Crippen LogP contribution in [-0.2, 0) is 39.9 Å². The van der Waals surface area contributed by atoms with Crippen molar-refractivity contribution in [3.63, 3.8) is 0 Å². The molecule has 694 valence electrons. The number of likely N-dealkylation sites (tertiary alicyclic amines) is 1. The molecule has 0 spiro atoms. The maximum Gasteiger partial charge on any atom is 0.340 e. The molecule has 6 aliphatic heterocycles. The number of carbonyl (C=O) groups is 3. The number of carboxylic acid groups (broad SMARTS) is 2. The first-order valence-electron chi connectivity index (χ1n) is 41.3. The lowest BCUT2D eigenvalue weighted by Crippen LogP contribution is -2.49. The number of para-hydroxylation sites is 4. The van der Waals surface area contributed by atoms with E-state index >= 15 is 4.39 Å². The molecule has 15 rings (SSSR count). The van der Waals surface area contributed by atoms with Crippen molar-refractivity contribution in [1.82, 2.24) is 48.6 Å². The number of carbonyl (C=O) groups excluding carboxylic acids is 1.